The molecule has 0 bridgehead atoms. The average molecular weight is 321 g/mol. The van der Waals surface area contributed by atoms with E-state index >= 15 is 0 Å². The second-order valence-corrected chi connectivity index (χ2v) is 6.38. The Morgan fingerprint density at radius 2 is 1.96 bits per heavy atom. The molecule has 1 aromatic carbocycles. The third-order valence-corrected chi connectivity index (χ3v) is 3.20. The number of morpholine rings is 1. The van der Waals surface area contributed by atoms with Crippen LogP contribution in [0, 0.1) is 0 Å². The number of carbonyl (C=O) groups excluding carboxylic acids is 2. The topological polar surface area (TPSA) is 65.1 Å². The van der Waals surface area contributed by atoms with Crippen LogP contribution in [-0.2, 0) is 25.6 Å². The Morgan fingerprint density at radius 3 is 2.61 bits per heavy atom. The summed E-state index contributed by atoms with van der Waals surface area (Å²) in [6.07, 6.45) is -1.22. The zero-order chi connectivity index (χ0) is 16.9. The van der Waals surface area contributed by atoms with Crippen molar-refractivity contribution in [1.82, 2.24) is 4.90 Å². The molecule has 0 saturated carbocycles. The van der Waals surface area contributed by atoms with Gasteiger partial charge in [-0.15, -0.1) is 0 Å². The Bertz CT molecular complexity index is 538. The summed E-state index contributed by atoms with van der Waals surface area (Å²) in [5.74, 6) is -0.470. The Labute approximate surface area is 136 Å². The van der Waals surface area contributed by atoms with Crippen molar-refractivity contribution in [1.29, 1.82) is 0 Å². The molecule has 1 fully saturated rings. The Morgan fingerprint density at radius 1 is 1.26 bits per heavy atom. The van der Waals surface area contributed by atoms with Crippen molar-refractivity contribution in [3.63, 3.8) is 0 Å². The molecule has 23 heavy (non-hydrogen) atoms. The normalized spacial score (nSPS) is 18.4. The van der Waals surface area contributed by atoms with E-state index in [9.17, 15) is 9.59 Å². The van der Waals surface area contributed by atoms with Gasteiger partial charge in [-0.25, -0.2) is 9.59 Å². The fourth-order valence-corrected chi connectivity index (χ4v) is 2.11. The number of hydrogen-bond acceptors (Lipinski definition) is 5. The molecule has 1 saturated heterocycles. The van der Waals surface area contributed by atoms with E-state index < -0.39 is 23.8 Å². The molecular weight excluding hydrogens is 298 g/mol. The van der Waals surface area contributed by atoms with Gasteiger partial charge in [-0.2, -0.15) is 0 Å². The van der Waals surface area contributed by atoms with E-state index in [1.54, 1.807) is 20.8 Å². The van der Waals surface area contributed by atoms with Crippen LogP contribution in [-0.4, -0.2) is 48.4 Å². The van der Waals surface area contributed by atoms with E-state index in [4.69, 9.17) is 14.2 Å². The molecule has 2 rings (SSSR count). The van der Waals surface area contributed by atoms with Gasteiger partial charge in [0.05, 0.1) is 13.2 Å². The molecule has 0 spiro atoms. The summed E-state index contributed by atoms with van der Waals surface area (Å²) >= 11 is 0. The lowest BCUT2D eigenvalue weighted by Gasteiger charge is -2.33. The first-order chi connectivity index (χ1) is 10.8. The quantitative estimate of drug-likeness (QED) is 0.800. The number of hydrogen-bond donors (Lipinski definition) is 0. The zero-order valence-electron chi connectivity index (χ0n) is 13.8. The number of nitrogens with zero attached hydrogens (tertiary/aromatic N) is 1. The molecule has 0 radical (unpaired) electrons. The van der Waals surface area contributed by atoms with Crippen molar-refractivity contribution in [3.05, 3.63) is 35.9 Å². The first-order valence-corrected chi connectivity index (χ1v) is 7.65. The van der Waals surface area contributed by atoms with Gasteiger partial charge < -0.3 is 19.1 Å². The highest BCUT2D eigenvalue weighted by molar-refractivity contribution is 5.76. The summed E-state index contributed by atoms with van der Waals surface area (Å²) in [7, 11) is 0. The van der Waals surface area contributed by atoms with Gasteiger partial charge in [-0.05, 0) is 26.3 Å². The van der Waals surface area contributed by atoms with Crippen LogP contribution in [0.2, 0.25) is 0 Å². The summed E-state index contributed by atoms with van der Waals surface area (Å²) in [6, 6.07) is 9.41. The van der Waals surface area contributed by atoms with Crippen molar-refractivity contribution in [2.75, 3.05) is 19.7 Å². The third kappa shape index (κ3) is 5.56. The minimum absolute atomic E-state index is 0.141. The fraction of sp³-hybridized carbons (Fsp3) is 0.529. The highest BCUT2D eigenvalue weighted by atomic mass is 16.6. The van der Waals surface area contributed by atoms with Crippen molar-refractivity contribution >= 4 is 12.1 Å². The van der Waals surface area contributed by atoms with Crippen molar-refractivity contribution in [2.24, 2.45) is 0 Å². The number of esters is 1. The molecule has 1 aliphatic rings. The highest BCUT2D eigenvalue weighted by Gasteiger charge is 2.32. The SMILES string of the molecule is CC(C)(C)OC(=O)N1CCOC(C(=O)OCc2ccccc2)C1. The van der Waals surface area contributed by atoms with Gasteiger partial charge >= 0.3 is 12.1 Å². The molecule has 126 valence electrons. The van der Waals surface area contributed by atoms with Crippen LogP contribution in [0.5, 0.6) is 0 Å². The van der Waals surface area contributed by atoms with Crippen LogP contribution >= 0.6 is 0 Å². The first kappa shape index (κ1) is 17.3. The lowest BCUT2D eigenvalue weighted by molar-refractivity contribution is -0.163. The number of amides is 1. The molecule has 1 amide bonds. The molecular formula is C17H23NO5. The molecule has 0 N–H and O–H groups in total. The predicted octanol–water partition coefficient (Wildman–Crippen LogP) is 2.37. The maximum Gasteiger partial charge on any atom is 0.410 e. The van der Waals surface area contributed by atoms with E-state index in [2.05, 4.69) is 0 Å². The van der Waals surface area contributed by atoms with Crippen LogP contribution in [0.25, 0.3) is 0 Å². The van der Waals surface area contributed by atoms with Crippen LogP contribution < -0.4 is 0 Å². The number of carbonyl (C=O) groups is 2. The summed E-state index contributed by atoms with van der Waals surface area (Å²) in [4.78, 5) is 25.6. The van der Waals surface area contributed by atoms with E-state index in [0.717, 1.165) is 5.56 Å². The average Bonchev–Trinajstić information content (AvgIpc) is 2.52. The largest absolute Gasteiger partial charge is 0.459 e. The van der Waals surface area contributed by atoms with E-state index in [1.165, 1.54) is 4.90 Å². The van der Waals surface area contributed by atoms with E-state index in [1.807, 2.05) is 30.3 Å². The summed E-state index contributed by atoms with van der Waals surface area (Å²) in [5, 5.41) is 0. The molecule has 1 aromatic rings. The molecule has 6 heteroatoms. The number of benzene rings is 1. The smallest absolute Gasteiger partial charge is 0.410 e. The summed E-state index contributed by atoms with van der Waals surface area (Å²) in [6.45, 7) is 6.42. The fourth-order valence-electron chi connectivity index (χ4n) is 2.11. The molecule has 1 unspecified atom stereocenters. The van der Waals surface area contributed by atoms with Crippen molar-refractivity contribution in [3.8, 4) is 0 Å². The Balaban J connectivity index is 1.85. The Hall–Kier alpha value is -2.08. The van der Waals surface area contributed by atoms with Crippen LogP contribution in [0.1, 0.15) is 26.3 Å². The van der Waals surface area contributed by atoms with Gasteiger partial charge in [0.1, 0.15) is 12.2 Å². The molecule has 0 aromatic heterocycles. The van der Waals surface area contributed by atoms with E-state index in [-0.39, 0.29) is 19.8 Å². The maximum atomic E-state index is 12.1. The summed E-state index contributed by atoms with van der Waals surface area (Å²) < 4.78 is 16.0. The second-order valence-electron chi connectivity index (χ2n) is 6.38. The highest BCUT2D eigenvalue weighted by Crippen LogP contribution is 2.14. The van der Waals surface area contributed by atoms with Crippen LogP contribution in [0.3, 0.4) is 0 Å². The van der Waals surface area contributed by atoms with Crippen molar-refractivity contribution < 1.29 is 23.8 Å². The lowest BCUT2D eigenvalue weighted by atomic mass is 10.2. The molecule has 1 atom stereocenters. The van der Waals surface area contributed by atoms with Gasteiger partial charge in [0.15, 0.2) is 6.10 Å². The predicted molar refractivity (Wildman–Crippen MR) is 83.8 cm³/mol. The van der Waals surface area contributed by atoms with Crippen LogP contribution in [0.15, 0.2) is 30.3 Å². The van der Waals surface area contributed by atoms with Crippen LogP contribution in [0.4, 0.5) is 4.79 Å². The Kier molecular flexibility index (Phi) is 5.60. The van der Waals surface area contributed by atoms with Gasteiger partial charge in [-0.3, -0.25) is 0 Å². The zero-order valence-corrected chi connectivity index (χ0v) is 13.8. The molecule has 6 nitrogen and oxygen atoms in total. The van der Waals surface area contributed by atoms with Gasteiger partial charge in [0.25, 0.3) is 0 Å². The standard InChI is InChI=1S/C17H23NO5/c1-17(2,3)23-16(20)18-9-10-21-14(11-18)15(19)22-12-13-7-5-4-6-8-13/h4-8,14H,9-12H2,1-3H3. The number of ether oxygens (including phenoxy) is 3. The maximum absolute atomic E-state index is 12.1. The monoisotopic (exact) mass is 321 g/mol. The van der Waals surface area contributed by atoms with Gasteiger partial charge in [0, 0.05) is 6.54 Å². The molecule has 1 aliphatic heterocycles. The lowest BCUT2D eigenvalue weighted by Crippen LogP contribution is -2.50. The first-order valence-electron chi connectivity index (χ1n) is 7.65. The van der Waals surface area contributed by atoms with E-state index in [0.29, 0.717) is 6.54 Å². The second kappa shape index (κ2) is 7.46. The minimum Gasteiger partial charge on any atom is -0.459 e. The minimum atomic E-state index is -0.778. The third-order valence-electron chi connectivity index (χ3n) is 3.20. The van der Waals surface area contributed by atoms with Gasteiger partial charge in [0.2, 0.25) is 0 Å². The molecule has 1 heterocycles. The van der Waals surface area contributed by atoms with Gasteiger partial charge in [-0.1, -0.05) is 30.3 Å². The van der Waals surface area contributed by atoms with Crippen molar-refractivity contribution in [2.45, 2.75) is 39.1 Å². The molecule has 0 aliphatic carbocycles. The number of rotatable bonds is 3. The summed E-state index contributed by atoms with van der Waals surface area (Å²) in [5.41, 5.74) is 0.333.